The van der Waals surface area contributed by atoms with E-state index in [4.69, 9.17) is 0 Å². The molecule has 0 spiro atoms. The number of hydrogen-bond donors (Lipinski definition) is 0. The molecule has 0 aliphatic heterocycles. The van der Waals surface area contributed by atoms with Crippen molar-refractivity contribution in [2.24, 2.45) is 0 Å². The van der Waals surface area contributed by atoms with Crippen LogP contribution in [-0.4, -0.2) is 9.13 Å². The molecule has 0 unspecified atom stereocenters. The first-order valence-electron chi connectivity index (χ1n) is 19.8. The van der Waals surface area contributed by atoms with Gasteiger partial charge in [-0.05, 0) is 96.1 Å². The van der Waals surface area contributed by atoms with Crippen molar-refractivity contribution in [2.45, 2.75) is 0 Å². The first-order valence-corrected chi connectivity index (χ1v) is 20.6. The van der Waals surface area contributed by atoms with Gasteiger partial charge in [0.2, 0.25) is 0 Å². The molecular weight excluding hydrogens is 723 g/mol. The second kappa shape index (κ2) is 13.1. The number of benzene rings is 9. The maximum Gasteiger partial charge on any atom is 0.0562 e. The Balaban J connectivity index is 1.08. The second-order valence-electron chi connectivity index (χ2n) is 14.9. The van der Waals surface area contributed by atoms with E-state index in [-0.39, 0.29) is 0 Å². The van der Waals surface area contributed by atoms with E-state index in [1.807, 2.05) is 11.3 Å². The van der Waals surface area contributed by atoms with Gasteiger partial charge in [-0.2, -0.15) is 0 Å². The molecule has 0 N–H and O–H groups in total. The van der Waals surface area contributed by atoms with Crippen molar-refractivity contribution < 1.29 is 0 Å². The Morgan fingerprint density at radius 1 is 0.328 bits per heavy atom. The third kappa shape index (κ3) is 4.99. The van der Waals surface area contributed by atoms with E-state index in [0.29, 0.717) is 0 Å². The highest BCUT2D eigenvalue weighted by molar-refractivity contribution is 7.26. The predicted octanol–water partition coefficient (Wildman–Crippen LogP) is 15.4. The summed E-state index contributed by atoms with van der Waals surface area (Å²) in [5, 5.41) is 7.52. The molecule has 58 heavy (non-hydrogen) atoms. The summed E-state index contributed by atoms with van der Waals surface area (Å²) in [6.07, 6.45) is 0. The standard InChI is InChI=1S/C54H35N3S/c1-3-15-38(16-4-1)55-46-23-11-8-20-43(46)53-47(55)24-13-25-48(53)57(49-26-14-28-52-54(49)44-21-9-12-27-51(44)58-52)40-32-29-36(30-33-40)37-31-34-42-41-19-7-10-22-45(41)56(50(42)35-37)39-17-5-2-6-18-39/h1-35H. The molecule has 3 aromatic heterocycles. The first kappa shape index (κ1) is 32.8. The van der Waals surface area contributed by atoms with Crippen LogP contribution in [0.25, 0.3) is 86.3 Å². The van der Waals surface area contributed by atoms with Gasteiger partial charge in [0.25, 0.3) is 0 Å². The Labute approximate surface area is 339 Å². The van der Waals surface area contributed by atoms with Crippen LogP contribution in [0.4, 0.5) is 17.1 Å². The van der Waals surface area contributed by atoms with Crippen LogP contribution >= 0.6 is 11.3 Å². The molecule has 0 radical (unpaired) electrons. The number of hydrogen-bond acceptors (Lipinski definition) is 2. The summed E-state index contributed by atoms with van der Waals surface area (Å²) in [6, 6.07) is 77.4. The number of fused-ring (bicyclic) bond motifs is 9. The van der Waals surface area contributed by atoms with Gasteiger partial charge in [0.15, 0.2) is 0 Å². The van der Waals surface area contributed by atoms with Gasteiger partial charge in [0.1, 0.15) is 0 Å². The maximum absolute atomic E-state index is 2.49. The molecule has 12 aromatic rings. The first-order chi connectivity index (χ1) is 28.8. The normalized spacial score (nSPS) is 11.8. The molecule has 0 amide bonds. The lowest BCUT2D eigenvalue weighted by Crippen LogP contribution is -2.11. The molecule has 9 aromatic carbocycles. The monoisotopic (exact) mass is 757 g/mol. The van der Waals surface area contributed by atoms with Gasteiger partial charge in [0.05, 0.1) is 33.4 Å². The molecule has 4 heteroatoms. The largest absolute Gasteiger partial charge is 0.309 e. The Morgan fingerprint density at radius 2 is 0.845 bits per heavy atom. The zero-order chi connectivity index (χ0) is 38.2. The zero-order valence-corrected chi connectivity index (χ0v) is 32.3. The molecule has 0 saturated carbocycles. The molecular formula is C54H35N3S. The lowest BCUT2D eigenvalue weighted by atomic mass is 10.0. The summed E-state index contributed by atoms with van der Waals surface area (Å²) < 4.78 is 7.37. The fourth-order valence-corrected chi connectivity index (χ4v) is 10.3. The molecule has 12 rings (SSSR count). The van der Waals surface area contributed by atoms with Crippen LogP contribution in [0.3, 0.4) is 0 Å². The summed E-state index contributed by atoms with van der Waals surface area (Å²) in [5.74, 6) is 0. The number of nitrogens with zero attached hydrogens (tertiary/aromatic N) is 3. The quantitative estimate of drug-likeness (QED) is 0.165. The number of rotatable bonds is 6. The molecule has 0 aliphatic carbocycles. The molecule has 272 valence electrons. The predicted molar refractivity (Wildman–Crippen MR) is 248 cm³/mol. The number of aromatic nitrogens is 2. The van der Waals surface area contributed by atoms with Crippen LogP contribution < -0.4 is 4.90 Å². The van der Waals surface area contributed by atoms with E-state index in [1.54, 1.807) is 0 Å². The molecule has 3 heterocycles. The summed E-state index contributed by atoms with van der Waals surface area (Å²) in [7, 11) is 0. The van der Waals surface area contributed by atoms with E-state index >= 15 is 0 Å². The minimum atomic E-state index is 1.11. The van der Waals surface area contributed by atoms with Gasteiger partial charge in [-0.25, -0.2) is 0 Å². The van der Waals surface area contributed by atoms with Crippen LogP contribution in [-0.2, 0) is 0 Å². The van der Waals surface area contributed by atoms with Crippen LogP contribution in [0.5, 0.6) is 0 Å². The van der Waals surface area contributed by atoms with Crippen LogP contribution in [0.15, 0.2) is 212 Å². The number of anilines is 3. The summed E-state index contributed by atoms with van der Waals surface area (Å²) in [6.45, 7) is 0. The molecule has 0 bridgehead atoms. The number of thiophene rings is 1. The fourth-order valence-electron chi connectivity index (χ4n) is 9.20. The van der Waals surface area contributed by atoms with Gasteiger partial charge in [0, 0.05) is 58.8 Å². The van der Waals surface area contributed by atoms with Crippen molar-refractivity contribution in [2.75, 3.05) is 4.90 Å². The van der Waals surface area contributed by atoms with Gasteiger partial charge < -0.3 is 14.0 Å². The third-order valence-electron chi connectivity index (χ3n) is 11.7. The van der Waals surface area contributed by atoms with Crippen molar-refractivity contribution >= 4 is 92.2 Å². The highest BCUT2D eigenvalue weighted by atomic mass is 32.1. The van der Waals surface area contributed by atoms with E-state index in [9.17, 15) is 0 Å². The van der Waals surface area contributed by atoms with Crippen molar-refractivity contribution in [3.05, 3.63) is 212 Å². The van der Waals surface area contributed by atoms with E-state index in [2.05, 4.69) is 226 Å². The average molecular weight is 758 g/mol. The Morgan fingerprint density at radius 3 is 1.59 bits per heavy atom. The van der Waals surface area contributed by atoms with Gasteiger partial charge in [-0.3, -0.25) is 0 Å². The summed E-state index contributed by atoms with van der Waals surface area (Å²) >= 11 is 1.86. The topological polar surface area (TPSA) is 13.1 Å². The lowest BCUT2D eigenvalue weighted by molar-refractivity contribution is 1.18. The van der Waals surface area contributed by atoms with Gasteiger partial charge in [-0.1, -0.05) is 127 Å². The minimum absolute atomic E-state index is 1.11. The van der Waals surface area contributed by atoms with Crippen molar-refractivity contribution in [3.63, 3.8) is 0 Å². The highest BCUT2D eigenvalue weighted by Crippen LogP contribution is 2.48. The zero-order valence-electron chi connectivity index (χ0n) is 31.5. The van der Waals surface area contributed by atoms with E-state index in [1.165, 1.54) is 80.6 Å². The highest BCUT2D eigenvalue weighted by Gasteiger charge is 2.24. The van der Waals surface area contributed by atoms with E-state index in [0.717, 1.165) is 22.7 Å². The van der Waals surface area contributed by atoms with Crippen molar-refractivity contribution in [1.82, 2.24) is 9.13 Å². The average Bonchev–Trinajstić information content (AvgIpc) is 3.95. The Hall–Kier alpha value is -7.40. The third-order valence-corrected chi connectivity index (χ3v) is 12.8. The lowest BCUT2D eigenvalue weighted by Gasteiger charge is -2.27. The van der Waals surface area contributed by atoms with Gasteiger partial charge >= 0.3 is 0 Å². The minimum Gasteiger partial charge on any atom is -0.309 e. The molecule has 0 aliphatic rings. The summed E-state index contributed by atoms with van der Waals surface area (Å²) in [4.78, 5) is 2.49. The Bertz CT molecular complexity index is 3500. The molecule has 0 atom stereocenters. The molecule has 3 nitrogen and oxygen atoms in total. The van der Waals surface area contributed by atoms with Gasteiger partial charge in [-0.15, -0.1) is 11.3 Å². The smallest absolute Gasteiger partial charge is 0.0562 e. The maximum atomic E-state index is 2.49. The molecule has 0 saturated heterocycles. The second-order valence-corrected chi connectivity index (χ2v) is 16.0. The molecule has 0 fully saturated rings. The SMILES string of the molecule is c1ccc(-n2c3ccccc3c3ccc(-c4ccc(N(c5cccc6sc7ccccc7c56)c5cccc6c5c5ccccc5n6-c5ccccc5)cc4)cc32)cc1. The van der Waals surface area contributed by atoms with Crippen LogP contribution in [0, 0.1) is 0 Å². The van der Waals surface area contributed by atoms with E-state index < -0.39 is 0 Å². The Kier molecular flexibility index (Phi) is 7.40. The number of para-hydroxylation sites is 4. The van der Waals surface area contributed by atoms with Crippen molar-refractivity contribution in [1.29, 1.82) is 0 Å². The summed E-state index contributed by atoms with van der Waals surface area (Å²) in [5.41, 5.74) is 12.9. The van der Waals surface area contributed by atoms with Crippen LogP contribution in [0.2, 0.25) is 0 Å². The fraction of sp³-hybridized carbons (Fsp3) is 0. The van der Waals surface area contributed by atoms with Crippen LogP contribution in [0.1, 0.15) is 0 Å². The van der Waals surface area contributed by atoms with Crippen molar-refractivity contribution in [3.8, 4) is 22.5 Å².